The van der Waals surface area contributed by atoms with Gasteiger partial charge < -0.3 is 14.9 Å². The quantitative estimate of drug-likeness (QED) is 0.197. The fraction of sp³-hybridized carbons (Fsp3) is 0.906. The van der Waals surface area contributed by atoms with Crippen molar-refractivity contribution in [1.29, 1.82) is 0 Å². The summed E-state index contributed by atoms with van der Waals surface area (Å²) in [5.74, 6) is 5.46. The Kier molecular flexibility index (Phi) is 10.4. The number of ether oxygens (including phenoxy) is 1. The van der Waals surface area contributed by atoms with E-state index < -0.39 is 6.16 Å². The number of carbonyl (C=O) groups is 1. The van der Waals surface area contributed by atoms with E-state index in [0.717, 1.165) is 61.2 Å². The second kappa shape index (κ2) is 12.7. The number of allylic oxidation sites excluding steroid dienone is 1. The van der Waals surface area contributed by atoms with Gasteiger partial charge in [0, 0.05) is 0 Å². The molecule has 0 bridgehead atoms. The van der Waals surface area contributed by atoms with Crippen molar-refractivity contribution >= 4 is 6.16 Å². The van der Waals surface area contributed by atoms with Gasteiger partial charge in [-0.15, -0.1) is 0 Å². The molecular formula is C32H56O4. The highest BCUT2D eigenvalue weighted by Gasteiger charge is 2.59. The predicted molar refractivity (Wildman–Crippen MR) is 148 cm³/mol. The minimum Gasteiger partial charge on any atom is -0.450 e. The molecule has 4 aliphatic carbocycles. The number of fused-ring (bicyclic) bond motifs is 5. The first-order valence-electron chi connectivity index (χ1n) is 15.3. The van der Waals surface area contributed by atoms with Gasteiger partial charge in [-0.25, -0.2) is 4.79 Å². The Balaban J connectivity index is 0.000000392. The SMILES string of the molecule is CC(C)CCCC(C)[C@H]1CC[C@H]2[C@@H]3CC=C4C[C@@H](O)CC[C@]4(C)[C@H]3CC[C@]12C.CCCCOC(=O)O. The van der Waals surface area contributed by atoms with Crippen LogP contribution in [0, 0.1) is 46.3 Å². The third-order valence-electron chi connectivity index (χ3n) is 11.0. The van der Waals surface area contributed by atoms with E-state index in [0.29, 0.717) is 17.4 Å². The standard InChI is InChI=1S/C27H46O.C5H10O3/c1-18(2)7-6-8-19(3)23-11-12-24-22-10-9-20-17-21(28)13-15-26(20,4)25(22)14-16-27(23,24)5;1-2-3-4-8-5(6)7/h9,18-19,21-25,28H,6-8,10-17H2,1-5H3;2-4H2,1H3,(H,6,7)/t19?,21-,22-,23+,24-,25-,26-,27+;/m0./s1. The molecule has 1 unspecified atom stereocenters. The van der Waals surface area contributed by atoms with Crippen LogP contribution in [0.2, 0.25) is 0 Å². The van der Waals surface area contributed by atoms with Crippen LogP contribution in [0.5, 0.6) is 0 Å². The van der Waals surface area contributed by atoms with E-state index in [1.807, 2.05) is 6.92 Å². The Morgan fingerprint density at radius 2 is 1.81 bits per heavy atom. The normalized spacial score (nSPS) is 38.1. The molecule has 4 rings (SSSR count). The lowest BCUT2D eigenvalue weighted by Crippen LogP contribution is -2.50. The highest BCUT2D eigenvalue weighted by molar-refractivity contribution is 5.56. The molecule has 0 heterocycles. The smallest absolute Gasteiger partial charge is 0.450 e. The Bertz CT molecular complexity index is 744. The first kappa shape index (κ1) is 29.5. The molecule has 4 nitrogen and oxygen atoms in total. The molecule has 4 aliphatic rings. The molecule has 0 aromatic rings. The number of aliphatic hydroxyl groups excluding tert-OH is 1. The Hall–Kier alpha value is -1.03. The van der Waals surface area contributed by atoms with E-state index in [4.69, 9.17) is 5.11 Å². The van der Waals surface area contributed by atoms with Crippen molar-refractivity contribution in [3.05, 3.63) is 11.6 Å². The monoisotopic (exact) mass is 504 g/mol. The second-order valence-electron chi connectivity index (χ2n) is 13.7. The van der Waals surface area contributed by atoms with Crippen molar-refractivity contribution < 1.29 is 19.7 Å². The molecule has 0 amide bonds. The lowest BCUT2D eigenvalue weighted by molar-refractivity contribution is -0.0573. The highest BCUT2D eigenvalue weighted by Crippen LogP contribution is 2.67. The number of unbranched alkanes of at least 4 members (excludes halogenated alkanes) is 1. The van der Waals surface area contributed by atoms with E-state index in [-0.39, 0.29) is 6.10 Å². The molecule has 36 heavy (non-hydrogen) atoms. The topological polar surface area (TPSA) is 66.8 Å². The molecule has 0 radical (unpaired) electrons. The summed E-state index contributed by atoms with van der Waals surface area (Å²) in [6.45, 7) is 14.9. The first-order chi connectivity index (χ1) is 17.0. The second-order valence-corrected chi connectivity index (χ2v) is 13.7. The van der Waals surface area contributed by atoms with Crippen LogP contribution in [-0.4, -0.2) is 29.1 Å². The average molecular weight is 505 g/mol. The minimum atomic E-state index is -1.18. The van der Waals surface area contributed by atoms with Gasteiger partial charge in [0.05, 0.1) is 12.7 Å². The van der Waals surface area contributed by atoms with Gasteiger partial charge in [-0.2, -0.15) is 0 Å². The van der Waals surface area contributed by atoms with Crippen LogP contribution in [0.3, 0.4) is 0 Å². The lowest BCUT2D eigenvalue weighted by atomic mass is 9.47. The molecule has 0 aliphatic heterocycles. The largest absolute Gasteiger partial charge is 0.505 e. The molecule has 0 aromatic carbocycles. The summed E-state index contributed by atoms with van der Waals surface area (Å²) in [4.78, 5) is 9.65. The van der Waals surface area contributed by atoms with Gasteiger partial charge >= 0.3 is 6.16 Å². The number of carboxylic acid groups (broad SMARTS) is 1. The summed E-state index contributed by atoms with van der Waals surface area (Å²) in [7, 11) is 0. The van der Waals surface area contributed by atoms with Crippen molar-refractivity contribution in [2.45, 2.75) is 131 Å². The molecule has 4 heteroatoms. The van der Waals surface area contributed by atoms with Crippen LogP contribution in [0.15, 0.2) is 11.6 Å². The number of aliphatic hydroxyl groups is 1. The number of hydrogen-bond acceptors (Lipinski definition) is 3. The average Bonchev–Trinajstić information content (AvgIpc) is 3.17. The predicted octanol–water partition coefficient (Wildman–Crippen LogP) is 8.87. The molecular weight excluding hydrogens is 448 g/mol. The van der Waals surface area contributed by atoms with E-state index >= 15 is 0 Å². The molecule has 2 N–H and O–H groups in total. The Labute approximate surface area is 221 Å². The van der Waals surface area contributed by atoms with E-state index in [1.54, 1.807) is 5.57 Å². The third-order valence-corrected chi connectivity index (χ3v) is 11.0. The minimum absolute atomic E-state index is 0.0766. The molecule has 3 saturated carbocycles. The molecule has 0 aromatic heterocycles. The summed E-state index contributed by atoms with van der Waals surface area (Å²) in [5, 5.41) is 18.1. The fourth-order valence-corrected chi connectivity index (χ4v) is 8.97. The number of rotatable bonds is 8. The molecule has 3 fully saturated rings. The van der Waals surface area contributed by atoms with Crippen molar-refractivity contribution in [2.24, 2.45) is 46.3 Å². The van der Waals surface area contributed by atoms with Gasteiger partial charge in [0.25, 0.3) is 0 Å². The molecule has 208 valence electrons. The maximum Gasteiger partial charge on any atom is 0.505 e. The molecule has 8 atom stereocenters. The zero-order valence-corrected chi connectivity index (χ0v) is 24.2. The van der Waals surface area contributed by atoms with E-state index in [2.05, 4.69) is 45.4 Å². The van der Waals surface area contributed by atoms with Crippen LogP contribution >= 0.6 is 0 Å². The van der Waals surface area contributed by atoms with Crippen LogP contribution in [-0.2, 0) is 4.74 Å². The van der Waals surface area contributed by atoms with Gasteiger partial charge in [0.1, 0.15) is 0 Å². The van der Waals surface area contributed by atoms with Crippen molar-refractivity contribution in [3.8, 4) is 0 Å². The van der Waals surface area contributed by atoms with Gasteiger partial charge in [-0.3, -0.25) is 0 Å². The first-order valence-corrected chi connectivity index (χ1v) is 15.3. The van der Waals surface area contributed by atoms with E-state index in [1.165, 1.54) is 57.8 Å². The Morgan fingerprint density at radius 3 is 2.47 bits per heavy atom. The van der Waals surface area contributed by atoms with Crippen LogP contribution in [0.1, 0.15) is 125 Å². The highest BCUT2D eigenvalue weighted by atomic mass is 16.7. The van der Waals surface area contributed by atoms with Gasteiger partial charge in [0.2, 0.25) is 0 Å². The zero-order chi connectivity index (χ0) is 26.5. The Morgan fingerprint density at radius 1 is 1.06 bits per heavy atom. The van der Waals surface area contributed by atoms with E-state index in [9.17, 15) is 9.90 Å². The third kappa shape index (κ3) is 6.51. The van der Waals surface area contributed by atoms with Crippen molar-refractivity contribution in [3.63, 3.8) is 0 Å². The molecule has 0 spiro atoms. The lowest BCUT2D eigenvalue weighted by Gasteiger charge is -2.58. The maximum atomic E-state index is 10.2. The van der Waals surface area contributed by atoms with Crippen LogP contribution in [0.25, 0.3) is 0 Å². The molecule has 0 saturated heterocycles. The summed E-state index contributed by atoms with van der Waals surface area (Å²) in [5.41, 5.74) is 2.60. The van der Waals surface area contributed by atoms with Gasteiger partial charge in [-0.05, 0) is 104 Å². The maximum absolute atomic E-state index is 10.2. The summed E-state index contributed by atoms with van der Waals surface area (Å²) < 4.78 is 4.20. The zero-order valence-electron chi connectivity index (χ0n) is 24.2. The summed E-state index contributed by atoms with van der Waals surface area (Å²) in [6.07, 6.45) is 17.8. The summed E-state index contributed by atoms with van der Waals surface area (Å²) in [6, 6.07) is 0. The van der Waals surface area contributed by atoms with Crippen LogP contribution in [0.4, 0.5) is 4.79 Å². The van der Waals surface area contributed by atoms with Gasteiger partial charge in [0.15, 0.2) is 0 Å². The van der Waals surface area contributed by atoms with Crippen LogP contribution < -0.4 is 0 Å². The fourth-order valence-electron chi connectivity index (χ4n) is 8.97. The van der Waals surface area contributed by atoms with Gasteiger partial charge in [-0.1, -0.05) is 78.9 Å². The van der Waals surface area contributed by atoms with Crippen molar-refractivity contribution in [2.75, 3.05) is 6.61 Å². The van der Waals surface area contributed by atoms with Crippen molar-refractivity contribution in [1.82, 2.24) is 0 Å². The number of hydrogen-bond donors (Lipinski definition) is 2. The summed E-state index contributed by atoms with van der Waals surface area (Å²) >= 11 is 0.